The van der Waals surface area contributed by atoms with Crippen LogP contribution < -0.4 is 10.5 Å². The van der Waals surface area contributed by atoms with Crippen LogP contribution in [0.15, 0.2) is 17.3 Å². The van der Waals surface area contributed by atoms with E-state index in [1.54, 1.807) is 6.07 Å². The Kier molecular flexibility index (Phi) is 4.21. The summed E-state index contributed by atoms with van der Waals surface area (Å²) >= 11 is 0. The third-order valence-electron chi connectivity index (χ3n) is 2.95. The van der Waals surface area contributed by atoms with Crippen molar-refractivity contribution in [3.05, 3.63) is 18.0 Å². The summed E-state index contributed by atoms with van der Waals surface area (Å²) in [5, 5.41) is 0. The van der Waals surface area contributed by atoms with E-state index in [0.29, 0.717) is 18.5 Å². The second kappa shape index (κ2) is 5.89. The minimum Gasteiger partial charge on any atom is -0.374 e. The van der Waals surface area contributed by atoms with Gasteiger partial charge in [0.1, 0.15) is 0 Å². The first-order valence-corrected chi connectivity index (χ1v) is 6.16. The number of amides is 1. The number of hydrogen-bond donors (Lipinski definition) is 1. The lowest BCUT2D eigenvalue weighted by atomic mass is 9.93. The Balaban J connectivity index is 1.96. The maximum atomic E-state index is 13.0. The average Bonchev–Trinajstić information content (AvgIpc) is 2.37. The van der Waals surface area contributed by atoms with Crippen molar-refractivity contribution in [3.8, 4) is 6.01 Å². The largest absolute Gasteiger partial charge is 0.412 e. The molecule has 2 rings (SSSR count). The number of alkyl halides is 2. The number of carbonyl (C=O) groups excluding carboxylic acids is 1. The molecule has 2 N–H and O–H groups in total. The van der Waals surface area contributed by atoms with Crippen LogP contribution in [0.5, 0.6) is 6.01 Å². The predicted octanol–water partition coefficient (Wildman–Crippen LogP) is 1.93. The van der Waals surface area contributed by atoms with Crippen molar-refractivity contribution in [3.63, 3.8) is 0 Å². The molecule has 20 heavy (non-hydrogen) atoms. The number of ether oxygens (including phenoxy) is 1. The maximum Gasteiger partial charge on any atom is 0.412 e. The summed E-state index contributed by atoms with van der Waals surface area (Å²) in [6, 6.07) is 1.26. The molecule has 1 aliphatic rings. The van der Waals surface area contributed by atoms with E-state index in [0.717, 1.165) is 0 Å². The van der Waals surface area contributed by atoms with Crippen LogP contribution in [-0.2, 0) is 0 Å². The highest BCUT2D eigenvalue weighted by Crippen LogP contribution is 2.34. The average molecular weight is 284 g/mol. The minimum atomic E-state index is -2.57. The van der Waals surface area contributed by atoms with E-state index in [2.05, 4.69) is 19.7 Å². The summed E-state index contributed by atoms with van der Waals surface area (Å²) in [4.78, 5) is 22.4. The van der Waals surface area contributed by atoms with Gasteiger partial charge in [-0.3, -0.25) is 4.99 Å². The minimum absolute atomic E-state index is 0.134. The lowest BCUT2D eigenvalue weighted by Crippen LogP contribution is -2.26. The number of hydrogen-bond acceptors (Lipinski definition) is 5. The zero-order valence-electron chi connectivity index (χ0n) is 10.6. The third-order valence-corrected chi connectivity index (χ3v) is 2.95. The molecule has 0 aliphatic heterocycles. The van der Waals surface area contributed by atoms with Gasteiger partial charge in [0, 0.05) is 25.3 Å². The Morgan fingerprint density at radius 2 is 2.20 bits per heavy atom. The molecule has 1 heterocycles. The molecule has 1 aliphatic carbocycles. The molecule has 0 spiro atoms. The van der Waals surface area contributed by atoms with Crippen LogP contribution in [0.4, 0.5) is 13.6 Å². The highest BCUT2D eigenvalue weighted by molar-refractivity contribution is 5.77. The fraction of sp³-hybridized carbons (Fsp3) is 0.500. The van der Waals surface area contributed by atoms with Crippen LogP contribution in [0.2, 0.25) is 0 Å². The fourth-order valence-electron chi connectivity index (χ4n) is 1.92. The second-order valence-corrected chi connectivity index (χ2v) is 4.55. The quantitative estimate of drug-likeness (QED) is 0.859. The number of nitrogens with zero attached hydrogens (tertiary/aromatic N) is 3. The number of primary amides is 1. The summed E-state index contributed by atoms with van der Waals surface area (Å²) in [7, 11) is 0. The van der Waals surface area contributed by atoms with Crippen molar-refractivity contribution in [2.24, 2.45) is 10.7 Å². The van der Waals surface area contributed by atoms with Crippen molar-refractivity contribution < 1.29 is 18.3 Å². The monoisotopic (exact) mass is 284 g/mol. The normalized spacial score (nSPS) is 19.1. The van der Waals surface area contributed by atoms with Crippen molar-refractivity contribution in [1.29, 1.82) is 0 Å². The van der Waals surface area contributed by atoms with Crippen molar-refractivity contribution in [2.45, 2.75) is 37.6 Å². The van der Waals surface area contributed by atoms with E-state index >= 15 is 0 Å². The van der Waals surface area contributed by atoms with E-state index in [-0.39, 0.29) is 24.9 Å². The molecule has 0 bridgehead atoms. The molecule has 1 saturated carbocycles. The molecule has 0 unspecified atom stereocenters. The molecule has 0 aromatic carbocycles. The Hall–Kier alpha value is -2.12. The number of halogens is 2. The summed E-state index contributed by atoms with van der Waals surface area (Å²) in [5.74, 6) is -2.57. The number of carbonyl (C=O) groups is 1. The third kappa shape index (κ3) is 4.22. The first kappa shape index (κ1) is 14.3. The van der Waals surface area contributed by atoms with Crippen LogP contribution in [0, 0.1) is 0 Å². The Morgan fingerprint density at radius 3 is 2.85 bits per heavy atom. The molecule has 0 saturated heterocycles. The van der Waals surface area contributed by atoms with E-state index in [1.807, 2.05) is 0 Å². The number of aromatic nitrogens is 2. The molecule has 6 nitrogen and oxygen atoms in total. The second-order valence-electron chi connectivity index (χ2n) is 4.55. The van der Waals surface area contributed by atoms with Crippen molar-refractivity contribution >= 4 is 12.3 Å². The first-order valence-electron chi connectivity index (χ1n) is 6.16. The Labute approximate surface area is 114 Å². The molecule has 0 atom stereocenters. The molecule has 1 aromatic heterocycles. The van der Waals surface area contributed by atoms with Crippen molar-refractivity contribution in [2.75, 3.05) is 0 Å². The standard InChI is InChI=1S/C12H14F2N4O2/c13-12(14)4-1-8(2-5-12)17-7-9-3-6-16-11(18-9)20-10(15)19/h3,6-8H,1-2,4-5H2,(H2,15,19). The SMILES string of the molecule is NC(=O)Oc1nccc(C=NC2CCC(F)(F)CC2)n1. The summed E-state index contributed by atoms with van der Waals surface area (Å²) in [6.07, 6.45) is 2.25. The molecule has 1 fully saturated rings. The lowest BCUT2D eigenvalue weighted by Gasteiger charge is -2.25. The molecule has 1 aromatic rings. The van der Waals surface area contributed by atoms with Gasteiger partial charge in [-0.05, 0) is 18.9 Å². The first-order chi connectivity index (χ1) is 9.44. The van der Waals surface area contributed by atoms with Gasteiger partial charge in [-0.1, -0.05) is 0 Å². The molecule has 8 heteroatoms. The zero-order valence-corrected chi connectivity index (χ0v) is 10.6. The van der Waals surface area contributed by atoms with Crippen LogP contribution in [0.1, 0.15) is 31.4 Å². The molecular formula is C12H14F2N4O2. The highest BCUT2D eigenvalue weighted by atomic mass is 19.3. The van der Waals surface area contributed by atoms with Gasteiger partial charge in [-0.25, -0.2) is 18.6 Å². The van der Waals surface area contributed by atoms with E-state index in [4.69, 9.17) is 5.73 Å². The van der Waals surface area contributed by atoms with E-state index < -0.39 is 12.0 Å². The number of rotatable bonds is 3. The van der Waals surface area contributed by atoms with Gasteiger partial charge < -0.3 is 10.5 Å². The van der Waals surface area contributed by atoms with Gasteiger partial charge in [0.25, 0.3) is 0 Å². The predicted molar refractivity (Wildman–Crippen MR) is 67.0 cm³/mol. The van der Waals surface area contributed by atoms with Crippen LogP contribution in [0.25, 0.3) is 0 Å². The van der Waals surface area contributed by atoms with Gasteiger partial charge in [0.05, 0.1) is 11.7 Å². The maximum absolute atomic E-state index is 13.0. The molecule has 108 valence electrons. The van der Waals surface area contributed by atoms with Gasteiger partial charge >= 0.3 is 12.1 Å². The van der Waals surface area contributed by atoms with Gasteiger partial charge in [-0.2, -0.15) is 4.98 Å². The van der Waals surface area contributed by atoms with Gasteiger partial charge in [-0.15, -0.1) is 0 Å². The van der Waals surface area contributed by atoms with Gasteiger partial charge in [0.15, 0.2) is 0 Å². The Bertz CT molecular complexity index is 512. The molecule has 1 amide bonds. The summed E-state index contributed by atoms with van der Waals surface area (Å²) < 4.78 is 30.5. The Morgan fingerprint density at radius 1 is 1.50 bits per heavy atom. The molecule has 0 radical (unpaired) electrons. The van der Waals surface area contributed by atoms with Crippen LogP contribution in [0.3, 0.4) is 0 Å². The summed E-state index contributed by atoms with van der Waals surface area (Å²) in [5.41, 5.74) is 5.27. The molecular weight excluding hydrogens is 270 g/mol. The number of aliphatic imine (C=N–C) groups is 1. The smallest absolute Gasteiger partial charge is 0.374 e. The van der Waals surface area contributed by atoms with E-state index in [1.165, 1.54) is 12.4 Å². The summed E-state index contributed by atoms with van der Waals surface area (Å²) in [6.45, 7) is 0. The van der Waals surface area contributed by atoms with Gasteiger partial charge in [0.2, 0.25) is 5.92 Å². The zero-order chi connectivity index (χ0) is 14.6. The highest BCUT2D eigenvalue weighted by Gasteiger charge is 2.34. The number of nitrogens with two attached hydrogens (primary N) is 1. The lowest BCUT2D eigenvalue weighted by molar-refractivity contribution is -0.0373. The van der Waals surface area contributed by atoms with Crippen molar-refractivity contribution in [1.82, 2.24) is 9.97 Å². The van der Waals surface area contributed by atoms with Crippen LogP contribution >= 0.6 is 0 Å². The van der Waals surface area contributed by atoms with Crippen LogP contribution in [-0.4, -0.2) is 34.2 Å². The van der Waals surface area contributed by atoms with E-state index in [9.17, 15) is 13.6 Å². The fourth-order valence-corrected chi connectivity index (χ4v) is 1.92. The topological polar surface area (TPSA) is 90.5 Å².